The van der Waals surface area contributed by atoms with Gasteiger partial charge in [0.05, 0.1) is 0 Å². The second kappa shape index (κ2) is 3.53. The predicted octanol–water partition coefficient (Wildman–Crippen LogP) is 0.691. The van der Waals surface area contributed by atoms with Crippen molar-refractivity contribution in [1.82, 2.24) is 14.6 Å². The standard InChI is InChI=1S/C11H12N4O2/c12-9(11(16)17)7-3-4-15-8(5-7)13-14-10(15)6-1-2-6/h3-6,9H,1-2,12H2,(H,16,17). The summed E-state index contributed by atoms with van der Waals surface area (Å²) in [5.74, 6) is 0.413. The molecular formula is C11H12N4O2. The van der Waals surface area contributed by atoms with E-state index in [9.17, 15) is 4.79 Å². The zero-order valence-corrected chi connectivity index (χ0v) is 9.08. The normalized spacial score (nSPS) is 17.2. The van der Waals surface area contributed by atoms with Gasteiger partial charge in [-0.2, -0.15) is 0 Å². The van der Waals surface area contributed by atoms with Crippen molar-refractivity contribution in [1.29, 1.82) is 0 Å². The molecule has 2 aromatic rings. The number of aliphatic carboxylic acids is 1. The van der Waals surface area contributed by atoms with Crippen molar-refractivity contribution in [2.75, 3.05) is 0 Å². The lowest BCUT2D eigenvalue weighted by molar-refractivity contribution is -0.138. The van der Waals surface area contributed by atoms with E-state index < -0.39 is 12.0 Å². The number of rotatable bonds is 3. The van der Waals surface area contributed by atoms with Gasteiger partial charge in [-0.25, -0.2) is 0 Å². The topological polar surface area (TPSA) is 93.5 Å². The van der Waals surface area contributed by atoms with Gasteiger partial charge in [0, 0.05) is 12.1 Å². The van der Waals surface area contributed by atoms with E-state index in [4.69, 9.17) is 10.8 Å². The van der Waals surface area contributed by atoms with Crippen molar-refractivity contribution in [2.45, 2.75) is 24.8 Å². The molecule has 0 amide bonds. The smallest absolute Gasteiger partial charge is 0.325 e. The highest BCUT2D eigenvalue weighted by atomic mass is 16.4. The molecule has 6 heteroatoms. The van der Waals surface area contributed by atoms with Gasteiger partial charge < -0.3 is 10.8 Å². The number of nitrogens with zero attached hydrogens (tertiary/aromatic N) is 3. The Labute approximate surface area is 97.1 Å². The maximum absolute atomic E-state index is 10.8. The van der Waals surface area contributed by atoms with Gasteiger partial charge in [-0.3, -0.25) is 9.20 Å². The van der Waals surface area contributed by atoms with E-state index in [1.165, 1.54) is 0 Å². The van der Waals surface area contributed by atoms with E-state index >= 15 is 0 Å². The summed E-state index contributed by atoms with van der Waals surface area (Å²) >= 11 is 0. The van der Waals surface area contributed by atoms with Crippen molar-refractivity contribution in [3.05, 3.63) is 29.7 Å². The van der Waals surface area contributed by atoms with Crippen LogP contribution in [0.25, 0.3) is 5.65 Å². The zero-order chi connectivity index (χ0) is 12.0. The lowest BCUT2D eigenvalue weighted by Gasteiger charge is -2.06. The minimum Gasteiger partial charge on any atom is -0.480 e. The molecule has 0 radical (unpaired) electrons. The molecular weight excluding hydrogens is 220 g/mol. The Bertz CT molecular complexity index is 588. The first-order valence-electron chi connectivity index (χ1n) is 5.50. The maximum atomic E-state index is 10.8. The Morgan fingerprint density at radius 2 is 2.29 bits per heavy atom. The van der Waals surface area contributed by atoms with Crippen LogP contribution >= 0.6 is 0 Å². The van der Waals surface area contributed by atoms with E-state index in [2.05, 4.69) is 10.2 Å². The minimum absolute atomic E-state index is 0.504. The fourth-order valence-corrected chi connectivity index (χ4v) is 1.88. The molecule has 3 N–H and O–H groups in total. The quantitative estimate of drug-likeness (QED) is 0.812. The van der Waals surface area contributed by atoms with Gasteiger partial charge in [0.15, 0.2) is 5.65 Å². The number of carboxylic acid groups (broad SMARTS) is 1. The number of nitrogens with two attached hydrogens (primary N) is 1. The molecule has 6 nitrogen and oxygen atoms in total. The van der Waals surface area contributed by atoms with Crippen molar-refractivity contribution >= 4 is 11.6 Å². The SMILES string of the molecule is NC(C(=O)O)c1ccn2c(C3CC3)nnc2c1. The fourth-order valence-electron chi connectivity index (χ4n) is 1.88. The van der Waals surface area contributed by atoms with Crippen molar-refractivity contribution < 1.29 is 9.90 Å². The Morgan fingerprint density at radius 1 is 1.53 bits per heavy atom. The van der Waals surface area contributed by atoms with Crippen LogP contribution in [-0.2, 0) is 4.79 Å². The molecule has 17 heavy (non-hydrogen) atoms. The first-order chi connectivity index (χ1) is 8.16. The number of pyridine rings is 1. The van der Waals surface area contributed by atoms with Crippen molar-refractivity contribution in [2.24, 2.45) is 5.73 Å². The van der Waals surface area contributed by atoms with Crippen LogP contribution in [0.4, 0.5) is 0 Å². The highest BCUT2D eigenvalue weighted by molar-refractivity contribution is 5.75. The summed E-state index contributed by atoms with van der Waals surface area (Å²) in [6, 6.07) is 2.37. The highest BCUT2D eigenvalue weighted by Gasteiger charge is 2.28. The molecule has 88 valence electrons. The van der Waals surface area contributed by atoms with E-state index in [0.717, 1.165) is 18.7 Å². The van der Waals surface area contributed by atoms with E-state index in [0.29, 0.717) is 17.1 Å². The third-order valence-electron chi connectivity index (χ3n) is 3.03. The highest BCUT2D eigenvalue weighted by Crippen LogP contribution is 2.38. The molecule has 1 fully saturated rings. The fraction of sp³-hybridized carbons (Fsp3) is 0.364. The molecule has 1 aliphatic rings. The summed E-state index contributed by atoms with van der Waals surface area (Å²) < 4.78 is 1.90. The molecule has 0 saturated heterocycles. The Hall–Kier alpha value is -1.95. The molecule has 3 rings (SSSR count). The minimum atomic E-state index is -1.05. The maximum Gasteiger partial charge on any atom is 0.325 e. The average Bonchev–Trinajstić information content (AvgIpc) is 3.07. The predicted molar refractivity (Wildman–Crippen MR) is 59.5 cm³/mol. The Balaban J connectivity index is 2.05. The number of hydrogen-bond donors (Lipinski definition) is 2. The number of carboxylic acids is 1. The van der Waals surface area contributed by atoms with Gasteiger partial charge in [-0.15, -0.1) is 10.2 Å². The first-order valence-corrected chi connectivity index (χ1v) is 5.50. The summed E-state index contributed by atoms with van der Waals surface area (Å²) in [5.41, 5.74) is 6.75. The molecule has 1 atom stereocenters. The van der Waals surface area contributed by atoms with Gasteiger partial charge in [0.2, 0.25) is 0 Å². The number of hydrogen-bond acceptors (Lipinski definition) is 4. The molecule has 1 unspecified atom stereocenters. The van der Waals surface area contributed by atoms with Crippen molar-refractivity contribution in [3.63, 3.8) is 0 Å². The summed E-state index contributed by atoms with van der Waals surface area (Å²) in [6.07, 6.45) is 4.09. The molecule has 2 heterocycles. The monoisotopic (exact) mass is 232 g/mol. The average molecular weight is 232 g/mol. The number of fused-ring (bicyclic) bond motifs is 1. The second-order valence-corrected chi connectivity index (χ2v) is 4.34. The third kappa shape index (κ3) is 1.66. The molecule has 0 spiro atoms. The van der Waals surface area contributed by atoms with Crippen LogP contribution < -0.4 is 5.73 Å². The van der Waals surface area contributed by atoms with Gasteiger partial charge in [-0.05, 0) is 30.5 Å². The van der Waals surface area contributed by atoms with Crippen LogP contribution in [0.2, 0.25) is 0 Å². The van der Waals surface area contributed by atoms with Gasteiger partial charge in [-0.1, -0.05) is 0 Å². The lowest BCUT2D eigenvalue weighted by atomic mass is 10.1. The molecule has 2 aromatic heterocycles. The summed E-state index contributed by atoms with van der Waals surface area (Å²) in [7, 11) is 0. The van der Waals surface area contributed by atoms with Crippen LogP contribution in [0.5, 0.6) is 0 Å². The van der Waals surface area contributed by atoms with Gasteiger partial charge >= 0.3 is 5.97 Å². The van der Waals surface area contributed by atoms with Crippen LogP contribution in [0.15, 0.2) is 18.3 Å². The Morgan fingerprint density at radius 3 is 2.94 bits per heavy atom. The lowest BCUT2D eigenvalue weighted by Crippen LogP contribution is -2.20. The third-order valence-corrected chi connectivity index (χ3v) is 3.03. The molecule has 0 aliphatic heterocycles. The largest absolute Gasteiger partial charge is 0.480 e. The van der Waals surface area contributed by atoms with Gasteiger partial charge in [0.25, 0.3) is 0 Å². The molecule has 0 aromatic carbocycles. The second-order valence-electron chi connectivity index (χ2n) is 4.34. The van der Waals surface area contributed by atoms with Crippen LogP contribution in [0.3, 0.4) is 0 Å². The molecule has 0 bridgehead atoms. The number of aromatic nitrogens is 3. The van der Waals surface area contributed by atoms with E-state index in [-0.39, 0.29) is 0 Å². The first kappa shape index (κ1) is 10.2. The van der Waals surface area contributed by atoms with Crippen LogP contribution in [0.1, 0.15) is 36.2 Å². The number of carbonyl (C=O) groups is 1. The van der Waals surface area contributed by atoms with Crippen molar-refractivity contribution in [3.8, 4) is 0 Å². The summed E-state index contributed by atoms with van der Waals surface area (Å²) in [4.78, 5) is 10.8. The summed E-state index contributed by atoms with van der Waals surface area (Å²) in [6.45, 7) is 0. The van der Waals surface area contributed by atoms with E-state index in [1.54, 1.807) is 18.3 Å². The molecule has 1 aliphatic carbocycles. The van der Waals surface area contributed by atoms with Crippen LogP contribution in [0, 0.1) is 0 Å². The molecule has 1 saturated carbocycles. The zero-order valence-electron chi connectivity index (χ0n) is 9.08. The van der Waals surface area contributed by atoms with E-state index in [1.807, 2.05) is 4.40 Å². The summed E-state index contributed by atoms with van der Waals surface area (Å²) in [5, 5.41) is 17.0. The van der Waals surface area contributed by atoms with Gasteiger partial charge in [0.1, 0.15) is 11.9 Å². The Kier molecular flexibility index (Phi) is 2.12. The van der Waals surface area contributed by atoms with Crippen LogP contribution in [-0.4, -0.2) is 25.7 Å².